The van der Waals surface area contributed by atoms with E-state index in [0.29, 0.717) is 19.0 Å². The first-order valence-electron chi connectivity index (χ1n) is 6.09. The number of nitrogens with zero attached hydrogens (tertiary/aromatic N) is 1. The van der Waals surface area contributed by atoms with E-state index in [1.54, 1.807) is 7.11 Å². The van der Waals surface area contributed by atoms with E-state index in [4.69, 9.17) is 20.3 Å². The molecule has 1 aliphatic heterocycles. The zero-order valence-corrected chi connectivity index (χ0v) is 14.0. The minimum Gasteiger partial charge on any atom is -0.495 e. The maximum Gasteiger partial charge on any atom is 0.144 e. The van der Waals surface area contributed by atoms with Crippen LogP contribution in [-0.2, 0) is 17.8 Å². The number of rotatable bonds is 2. The van der Waals surface area contributed by atoms with Crippen LogP contribution in [0.2, 0.25) is 0 Å². The summed E-state index contributed by atoms with van der Waals surface area (Å²) in [7, 11) is 1.63. The van der Waals surface area contributed by atoms with Gasteiger partial charge in [-0.15, -0.1) is 0 Å². The van der Waals surface area contributed by atoms with Gasteiger partial charge in [-0.25, -0.2) is 0 Å². The van der Waals surface area contributed by atoms with Crippen molar-refractivity contribution in [1.82, 2.24) is 4.98 Å². The third kappa shape index (κ3) is 2.09. The van der Waals surface area contributed by atoms with Crippen molar-refractivity contribution in [3.8, 4) is 5.75 Å². The number of hydrogen-bond acceptors (Lipinski definition) is 5. The molecule has 0 saturated heterocycles. The van der Waals surface area contributed by atoms with E-state index in [2.05, 4.69) is 37.3 Å². The summed E-state index contributed by atoms with van der Waals surface area (Å²) in [6.45, 7) is 1.19. The predicted molar refractivity (Wildman–Crippen MR) is 84.9 cm³/mol. The van der Waals surface area contributed by atoms with Crippen LogP contribution in [0.3, 0.4) is 0 Å². The summed E-state index contributed by atoms with van der Waals surface area (Å²) >= 11 is 7.06. The molecule has 0 radical (unpaired) electrons. The maximum atomic E-state index is 5.74. The third-order valence-corrected chi connectivity index (χ3v) is 4.58. The molecule has 5 nitrogen and oxygen atoms in total. The van der Waals surface area contributed by atoms with Gasteiger partial charge in [0.15, 0.2) is 0 Å². The highest BCUT2D eigenvalue weighted by molar-refractivity contribution is 9.11. The quantitative estimate of drug-likeness (QED) is 0.596. The Kier molecular flexibility index (Phi) is 3.85. The van der Waals surface area contributed by atoms with Gasteiger partial charge < -0.3 is 14.9 Å². The predicted octanol–water partition coefficient (Wildman–Crippen LogP) is 3.13. The Morgan fingerprint density at radius 1 is 1.40 bits per heavy atom. The second-order valence-electron chi connectivity index (χ2n) is 4.46. The molecule has 0 bridgehead atoms. The molecule has 0 amide bonds. The molecule has 1 aromatic heterocycles. The zero-order chi connectivity index (χ0) is 14.3. The molecule has 0 aliphatic carbocycles. The lowest BCUT2D eigenvalue weighted by Gasteiger charge is -2.22. The van der Waals surface area contributed by atoms with Crippen molar-refractivity contribution in [2.45, 2.75) is 13.0 Å². The van der Waals surface area contributed by atoms with Crippen molar-refractivity contribution in [1.29, 1.82) is 0 Å². The number of pyridine rings is 1. The van der Waals surface area contributed by atoms with Crippen LogP contribution in [0, 0.1) is 0 Å². The van der Waals surface area contributed by atoms with Gasteiger partial charge in [0.1, 0.15) is 5.75 Å². The molecule has 0 atom stereocenters. The fourth-order valence-corrected chi connectivity index (χ4v) is 3.91. The van der Waals surface area contributed by atoms with Gasteiger partial charge in [0.2, 0.25) is 0 Å². The van der Waals surface area contributed by atoms with Gasteiger partial charge in [0.05, 0.1) is 47.1 Å². The Morgan fingerprint density at radius 3 is 2.90 bits per heavy atom. The number of hydrazine groups is 1. The van der Waals surface area contributed by atoms with Gasteiger partial charge >= 0.3 is 0 Å². The Bertz CT molecular complexity index is 691. The molecule has 20 heavy (non-hydrogen) atoms. The fraction of sp³-hybridized carbons (Fsp3) is 0.308. The number of anilines is 1. The lowest BCUT2D eigenvalue weighted by Crippen LogP contribution is -2.18. The fourth-order valence-electron chi connectivity index (χ4n) is 2.49. The number of ether oxygens (including phenoxy) is 2. The monoisotopic (exact) mass is 401 g/mol. The zero-order valence-electron chi connectivity index (χ0n) is 10.8. The van der Waals surface area contributed by atoms with Gasteiger partial charge in [0, 0.05) is 16.5 Å². The minimum atomic E-state index is 0.505. The van der Waals surface area contributed by atoms with Crippen LogP contribution in [0.25, 0.3) is 10.9 Å². The summed E-state index contributed by atoms with van der Waals surface area (Å²) in [6.07, 6.45) is 0.783. The standard InChI is InChI=1S/C13H13Br2N3O2/c1-19-13-8(15)4-7(14)12-10(13)11(18-16)6-5-20-3-2-9(6)17-12/h4H,2-3,5,16H2,1H3,(H,17,18). The molecule has 0 fully saturated rings. The average Bonchev–Trinajstić information content (AvgIpc) is 2.46. The SMILES string of the molecule is COc1c(Br)cc(Br)c2nc3c(c(NN)c12)COCC3. The summed E-state index contributed by atoms with van der Waals surface area (Å²) < 4.78 is 12.8. The number of nitrogens with two attached hydrogens (primary N) is 1. The molecule has 3 N–H and O–H groups in total. The van der Waals surface area contributed by atoms with Gasteiger partial charge in [-0.05, 0) is 37.9 Å². The molecular formula is C13H13Br2N3O2. The van der Waals surface area contributed by atoms with E-state index >= 15 is 0 Å². The Labute approximate surface area is 133 Å². The number of nitrogen functional groups attached to an aromatic ring is 1. The number of methoxy groups -OCH3 is 1. The van der Waals surface area contributed by atoms with Gasteiger partial charge in [-0.2, -0.15) is 0 Å². The molecule has 1 aromatic carbocycles. The van der Waals surface area contributed by atoms with E-state index in [-0.39, 0.29) is 0 Å². The summed E-state index contributed by atoms with van der Waals surface area (Å²) in [4.78, 5) is 4.75. The summed E-state index contributed by atoms with van der Waals surface area (Å²) in [5, 5.41) is 0.848. The number of nitrogens with one attached hydrogen (secondary N) is 1. The van der Waals surface area contributed by atoms with E-state index in [0.717, 1.165) is 43.2 Å². The highest BCUT2D eigenvalue weighted by atomic mass is 79.9. The Balaban J connectivity index is 2.46. The number of hydrogen-bond donors (Lipinski definition) is 2. The normalized spacial score (nSPS) is 14.2. The lowest BCUT2D eigenvalue weighted by molar-refractivity contribution is 0.110. The molecule has 3 rings (SSSR count). The second kappa shape index (κ2) is 5.48. The highest BCUT2D eigenvalue weighted by Crippen LogP contribution is 2.43. The smallest absolute Gasteiger partial charge is 0.144 e. The molecule has 2 aromatic rings. The van der Waals surface area contributed by atoms with E-state index in [9.17, 15) is 0 Å². The van der Waals surface area contributed by atoms with Crippen LogP contribution in [0.4, 0.5) is 5.69 Å². The largest absolute Gasteiger partial charge is 0.495 e. The number of halogens is 2. The number of aromatic nitrogens is 1. The highest BCUT2D eigenvalue weighted by Gasteiger charge is 2.23. The number of fused-ring (bicyclic) bond motifs is 2. The Morgan fingerprint density at radius 2 is 2.20 bits per heavy atom. The lowest BCUT2D eigenvalue weighted by atomic mass is 10.0. The first kappa shape index (κ1) is 14.1. The second-order valence-corrected chi connectivity index (χ2v) is 6.16. The minimum absolute atomic E-state index is 0.505. The summed E-state index contributed by atoms with van der Waals surface area (Å²) in [5.74, 6) is 6.45. The van der Waals surface area contributed by atoms with Crippen LogP contribution >= 0.6 is 31.9 Å². The van der Waals surface area contributed by atoms with Gasteiger partial charge in [0.25, 0.3) is 0 Å². The first-order valence-corrected chi connectivity index (χ1v) is 7.67. The van der Waals surface area contributed by atoms with Crippen LogP contribution in [0.15, 0.2) is 15.0 Å². The van der Waals surface area contributed by atoms with Crippen molar-refractivity contribution >= 4 is 48.5 Å². The van der Waals surface area contributed by atoms with Crippen LogP contribution in [-0.4, -0.2) is 18.7 Å². The van der Waals surface area contributed by atoms with Crippen LogP contribution in [0.5, 0.6) is 5.75 Å². The van der Waals surface area contributed by atoms with Crippen molar-refractivity contribution in [3.05, 3.63) is 26.3 Å². The summed E-state index contributed by atoms with van der Waals surface area (Å²) in [5.41, 5.74) is 6.44. The maximum absolute atomic E-state index is 5.74. The molecule has 7 heteroatoms. The van der Waals surface area contributed by atoms with Crippen molar-refractivity contribution in [2.24, 2.45) is 5.84 Å². The van der Waals surface area contributed by atoms with E-state index in [1.807, 2.05) is 6.07 Å². The van der Waals surface area contributed by atoms with Gasteiger partial charge in [-0.1, -0.05) is 0 Å². The van der Waals surface area contributed by atoms with Crippen LogP contribution in [0.1, 0.15) is 11.3 Å². The van der Waals surface area contributed by atoms with Gasteiger partial charge in [-0.3, -0.25) is 10.8 Å². The molecule has 106 valence electrons. The van der Waals surface area contributed by atoms with E-state index in [1.165, 1.54) is 0 Å². The molecule has 1 aliphatic rings. The van der Waals surface area contributed by atoms with E-state index < -0.39 is 0 Å². The molecular weight excluding hydrogens is 390 g/mol. The van der Waals surface area contributed by atoms with Crippen LogP contribution < -0.4 is 16.0 Å². The third-order valence-electron chi connectivity index (χ3n) is 3.39. The topological polar surface area (TPSA) is 69.4 Å². The summed E-state index contributed by atoms with van der Waals surface area (Å²) in [6, 6.07) is 1.93. The molecule has 0 saturated carbocycles. The first-order chi connectivity index (χ1) is 9.67. The van der Waals surface area contributed by atoms with Crippen molar-refractivity contribution in [2.75, 3.05) is 19.1 Å². The Hall–Kier alpha value is -0.890. The average molecular weight is 403 g/mol. The van der Waals surface area contributed by atoms with Crippen molar-refractivity contribution in [3.63, 3.8) is 0 Å². The van der Waals surface area contributed by atoms with Crippen molar-refractivity contribution < 1.29 is 9.47 Å². The molecule has 0 spiro atoms. The molecule has 0 unspecified atom stereocenters. The molecule has 2 heterocycles. The number of benzene rings is 1.